The molecule has 2 aliphatic rings. The average molecular weight is 541 g/mol. The van der Waals surface area contributed by atoms with Gasteiger partial charge in [0, 0.05) is 12.0 Å². The summed E-state index contributed by atoms with van der Waals surface area (Å²) in [5.74, 6) is 3.20. The van der Waals surface area contributed by atoms with Gasteiger partial charge in [-0.1, -0.05) is 0 Å². The van der Waals surface area contributed by atoms with Crippen molar-refractivity contribution in [3.63, 3.8) is 0 Å². The van der Waals surface area contributed by atoms with Gasteiger partial charge < -0.3 is 52.1 Å². The number of rotatable bonds is 6. The van der Waals surface area contributed by atoms with E-state index in [1.54, 1.807) is 39.5 Å². The quantitative estimate of drug-likeness (QED) is 0.300. The van der Waals surface area contributed by atoms with Gasteiger partial charge in [-0.05, 0) is 29.8 Å². The van der Waals surface area contributed by atoms with Crippen molar-refractivity contribution in [2.45, 2.75) is 18.9 Å². The van der Waals surface area contributed by atoms with Crippen molar-refractivity contribution in [1.82, 2.24) is 0 Å². The Balaban J connectivity index is 0.00000272. The van der Waals surface area contributed by atoms with Crippen molar-refractivity contribution in [3.05, 3.63) is 41.0 Å². The molecule has 1 atom stereocenters. The van der Waals surface area contributed by atoms with Crippen molar-refractivity contribution in [1.29, 1.82) is 0 Å². The summed E-state index contributed by atoms with van der Waals surface area (Å²) < 4.78 is 28.4. The van der Waals surface area contributed by atoms with E-state index < -0.39 is 0 Å². The molecule has 0 fully saturated rings. The largest absolute Gasteiger partial charge is 1.00 e. The molecule has 0 N–H and O–H groups in total. The summed E-state index contributed by atoms with van der Waals surface area (Å²) in [6.07, 6.45) is 1.22. The maximum absolute atomic E-state index is 13.3. The number of methoxy groups -OCH3 is 3. The van der Waals surface area contributed by atoms with Crippen LogP contribution in [-0.4, -0.2) is 59.0 Å². The van der Waals surface area contributed by atoms with Gasteiger partial charge in [0.1, 0.15) is 6.04 Å². The third-order valence-electron chi connectivity index (χ3n) is 6.17. The molecule has 0 bridgehead atoms. The monoisotopic (exact) mass is 541 g/mol. The van der Waals surface area contributed by atoms with Gasteiger partial charge in [0.05, 0.1) is 54.0 Å². The Morgan fingerprint density at radius 2 is 1.81 bits per heavy atom. The third kappa shape index (κ3) is 4.15. The lowest BCUT2D eigenvalue weighted by atomic mass is 9.86. The van der Waals surface area contributed by atoms with Gasteiger partial charge in [-0.3, -0.25) is 4.79 Å². The molecule has 0 amide bonds. The van der Waals surface area contributed by atoms with E-state index in [-0.39, 0.29) is 42.6 Å². The molecule has 31 heavy (non-hydrogen) atoms. The van der Waals surface area contributed by atoms with E-state index in [0.29, 0.717) is 45.2 Å². The predicted octanol–water partition coefficient (Wildman–Crippen LogP) is 0.392. The van der Waals surface area contributed by atoms with Crippen LogP contribution >= 0.6 is 0 Å². The molecule has 0 spiro atoms. The molecule has 0 aliphatic carbocycles. The van der Waals surface area contributed by atoms with Gasteiger partial charge in [0.25, 0.3) is 0 Å². The summed E-state index contributed by atoms with van der Waals surface area (Å²) in [5, 5.41) is 0. The second kappa shape index (κ2) is 9.12. The summed E-state index contributed by atoms with van der Waals surface area (Å²) in [4.78, 5) is 13.3. The number of hydrogen-bond donors (Lipinski definition) is 0. The Kier molecular flexibility index (Phi) is 6.90. The van der Waals surface area contributed by atoms with Gasteiger partial charge >= 0.3 is 0 Å². The number of carbonyl (C=O) groups is 1. The fraction of sp³-hybridized carbons (Fsp3) is 0.435. The summed E-state index contributed by atoms with van der Waals surface area (Å²) in [6.45, 7) is 1.10. The van der Waals surface area contributed by atoms with Crippen LogP contribution < -0.4 is 47.7 Å². The van der Waals surface area contributed by atoms with Crippen LogP contribution in [0.4, 0.5) is 0 Å². The third-order valence-corrected chi connectivity index (χ3v) is 6.17. The summed E-state index contributed by atoms with van der Waals surface area (Å²) in [7, 11) is 9.09. The van der Waals surface area contributed by atoms with Crippen molar-refractivity contribution < 1.29 is 56.9 Å². The molecule has 8 heteroatoms. The van der Waals surface area contributed by atoms with Crippen LogP contribution in [0.5, 0.6) is 28.7 Å². The molecular weight excluding hydrogens is 513 g/mol. The van der Waals surface area contributed by atoms with E-state index in [1.165, 1.54) is 0 Å². The first-order valence-electron chi connectivity index (χ1n) is 9.97. The van der Waals surface area contributed by atoms with Crippen LogP contribution in [0.15, 0.2) is 24.3 Å². The SMILES string of the molecule is COc1ccc(C(=O)CC2c3c(cc4c(c3OC)OCO4)CC[N+]2(C)C)cc1OC.[I-]. The predicted molar refractivity (Wildman–Crippen MR) is 111 cm³/mol. The molecule has 1 unspecified atom stereocenters. The summed E-state index contributed by atoms with van der Waals surface area (Å²) >= 11 is 0. The minimum atomic E-state index is -0.0706. The van der Waals surface area contributed by atoms with E-state index in [2.05, 4.69) is 14.1 Å². The van der Waals surface area contributed by atoms with E-state index in [4.69, 9.17) is 23.7 Å². The Morgan fingerprint density at radius 1 is 1.06 bits per heavy atom. The van der Waals surface area contributed by atoms with Gasteiger partial charge in [-0.2, -0.15) is 0 Å². The number of halogens is 1. The van der Waals surface area contributed by atoms with Gasteiger partial charge in [-0.15, -0.1) is 0 Å². The highest BCUT2D eigenvalue weighted by molar-refractivity contribution is 5.97. The number of benzene rings is 2. The number of Topliss-reactive ketones (excluding diaryl/α,β-unsaturated/α-hetero) is 1. The van der Waals surface area contributed by atoms with Crippen LogP contribution in [0.1, 0.15) is 33.9 Å². The minimum Gasteiger partial charge on any atom is -1.00 e. The first-order valence-corrected chi connectivity index (χ1v) is 9.97. The molecule has 2 aromatic rings. The van der Waals surface area contributed by atoms with E-state index in [0.717, 1.165) is 24.1 Å². The van der Waals surface area contributed by atoms with E-state index in [1.807, 2.05) is 6.07 Å². The smallest absolute Gasteiger partial charge is 0.231 e. The fourth-order valence-electron chi connectivity index (χ4n) is 4.42. The molecule has 2 aliphatic heterocycles. The number of carbonyl (C=O) groups excluding carboxylic acids is 1. The standard InChI is InChI=1S/C23H28NO6.HI/c1-24(2)9-8-15-11-20-22(30-13-29-20)23(28-5)21(15)16(24)12-17(25)14-6-7-18(26-3)19(10-14)27-4;/h6-7,10-11,16H,8-9,12-13H2,1-5H3;1H/q+1;/p-1. The van der Waals surface area contributed by atoms with Gasteiger partial charge in [-0.25, -0.2) is 0 Å². The minimum absolute atomic E-state index is 0. The first-order chi connectivity index (χ1) is 14.4. The number of hydrogen-bond acceptors (Lipinski definition) is 6. The molecule has 0 radical (unpaired) electrons. The second-order valence-electron chi connectivity index (χ2n) is 8.18. The molecule has 0 saturated heterocycles. The molecule has 168 valence electrons. The molecule has 2 aromatic carbocycles. The van der Waals surface area contributed by atoms with Crippen LogP contribution in [0, 0.1) is 0 Å². The van der Waals surface area contributed by atoms with Crippen LogP contribution in [0.2, 0.25) is 0 Å². The molecular formula is C23H28INO6. The lowest BCUT2D eigenvalue weighted by Crippen LogP contribution is -3.00. The van der Waals surface area contributed by atoms with Gasteiger partial charge in [0.15, 0.2) is 28.8 Å². The zero-order chi connectivity index (χ0) is 21.5. The normalized spacial score (nSPS) is 17.9. The lowest BCUT2D eigenvalue weighted by Gasteiger charge is -2.43. The number of quaternary nitrogens is 1. The van der Waals surface area contributed by atoms with Gasteiger partial charge in [0.2, 0.25) is 12.5 Å². The molecule has 0 saturated carbocycles. The van der Waals surface area contributed by atoms with Crippen LogP contribution in [-0.2, 0) is 6.42 Å². The Hall–Kier alpha value is -2.20. The number of fused-ring (bicyclic) bond motifs is 2. The fourth-order valence-corrected chi connectivity index (χ4v) is 4.42. The highest BCUT2D eigenvalue weighted by atomic mass is 127. The highest BCUT2D eigenvalue weighted by Crippen LogP contribution is 2.51. The number of nitrogens with zero attached hydrogens (tertiary/aromatic N) is 1. The zero-order valence-electron chi connectivity index (χ0n) is 18.5. The lowest BCUT2D eigenvalue weighted by molar-refractivity contribution is -0.922. The average Bonchev–Trinajstić information content (AvgIpc) is 3.21. The number of ether oxygens (including phenoxy) is 5. The second-order valence-corrected chi connectivity index (χ2v) is 8.18. The van der Waals surface area contributed by atoms with E-state index in [9.17, 15) is 4.79 Å². The topological polar surface area (TPSA) is 63.2 Å². The van der Waals surface area contributed by atoms with Crippen molar-refractivity contribution in [2.24, 2.45) is 0 Å². The van der Waals surface area contributed by atoms with Crippen molar-refractivity contribution in [3.8, 4) is 28.7 Å². The maximum atomic E-state index is 13.3. The van der Waals surface area contributed by atoms with Crippen molar-refractivity contribution >= 4 is 5.78 Å². The zero-order valence-corrected chi connectivity index (χ0v) is 20.6. The van der Waals surface area contributed by atoms with Crippen LogP contribution in [0.25, 0.3) is 0 Å². The molecule has 2 heterocycles. The Morgan fingerprint density at radius 3 is 2.48 bits per heavy atom. The molecule has 4 rings (SSSR count). The summed E-state index contributed by atoms with van der Waals surface area (Å²) in [5.41, 5.74) is 2.78. The summed E-state index contributed by atoms with van der Waals surface area (Å²) in [6, 6.07) is 7.25. The maximum Gasteiger partial charge on any atom is 0.231 e. The Bertz CT molecular complexity index is 991. The Labute approximate surface area is 199 Å². The number of likely N-dealkylation sites (N-methyl/N-ethyl adjacent to an activating group) is 1. The van der Waals surface area contributed by atoms with Crippen molar-refractivity contribution in [2.75, 3.05) is 48.8 Å². The van der Waals surface area contributed by atoms with Crippen LogP contribution in [0.3, 0.4) is 0 Å². The first kappa shape index (κ1) is 23.5. The molecule has 7 nitrogen and oxygen atoms in total. The highest BCUT2D eigenvalue weighted by Gasteiger charge is 2.42. The van der Waals surface area contributed by atoms with E-state index >= 15 is 0 Å². The number of ketones is 1. The molecule has 0 aromatic heterocycles.